The van der Waals surface area contributed by atoms with E-state index in [4.69, 9.17) is 4.74 Å². The number of esters is 1. The number of aromatic nitrogens is 1. The van der Waals surface area contributed by atoms with E-state index in [2.05, 4.69) is 20.9 Å². The highest BCUT2D eigenvalue weighted by atomic mass is 79.9. The van der Waals surface area contributed by atoms with Crippen molar-refractivity contribution in [1.29, 1.82) is 0 Å². The molecule has 0 aliphatic heterocycles. The van der Waals surface area contributed by atoms with Crippen LogP contribution in [0.4, 0.5) is 0 Å². The predicted octanol–water partition coefficient (Wildman–Crippen LogP) is 3.09. The number of benzene rings is 1. The summed E-state index contributed by atoms with van der Waals surface area (Å²) in [6.07, 6.45) is 1.74. The summed E-state index contributed by atoms with van der Waals surface area (Å²) in [6, 6.07) is 5.50. The van der Waals surface area contributed by atoms with Crippen LogP contribution in [0.5, 0.6) is 0 Å². The van der Waals surface area contributed by atoms with E-state index in [1.54, 1.807) is 18.3 Å². The van der Waals surface area contributed by atoms with Gasteiger partial charge in [-0.15, -0.1) is 0 Å². The molecule has 4 heteroatoms. The summed E-state index contributed by atoms with van der Waals surface area (Å²) in [5.74, 6) is -0.329. The molecule has 0 bridgehead atoms. The zero-order valence-corrected chi connectivity index (χ0v) is 10.5. The molecule has 16 heavy (non-hydrogen) atoms. The number of halogens is 1. The molecule has 0 saturated carbocycles. The highest BCUT2D eigenvalue weighted by molar-refractivity contribution is 9.10. The van der Waals surface area contributed by atoms with Gasteiger partial charge in [0.1, 0.15) is 0 Å². The molecule has 0 spiro atoms. The molecule has 0 aliphatic rings. The number of fused-ring (bicyclic) bond motifs is 1. The fourth-order valence-electron chi connectivity index (χ4n) is 1.64. The number of rotatable bonds is 1. The van der Waals surface area contributed by atoms with Crippen LogP contribution >= 0.6 is 15.9 Å². The molecule has 0 unspecified atom stereocenters. The van der Waals surface area contributed by atoms with Crippen molar-refractivity contribution >= 4 is 32.8 Å². The van der Waals surface area contributed by atoms with Gasteiger partial charge < -0.3 is 4.74 Å². The first-order valence-corrected chi connectivity index (χ1v) is 5.55. The third-order valence-corrected chi connectivity index (χ3v) is 2.80. The third-order valence-electron chi connectivity index (χ3n) is 2.36. The van der Waals surface area contributed by atoms with Gasteiger partial charge in [-0.25, -0.2) is 4.79 Å². The van der Waals surface area contributed by atoms with E-state index in [1.807, 2.05) is 13.0 Å². The van der Waals surface area contributed by atoms with Crippen LogP contribution in [0.15, 0.2) is 28.9 Å². The fourth-order valence-corrected chi connectivity index (χ4v) is 1.99. The Hall–Kier alpha value is -1.42. The molecule has 0 amide bonds. The van der Waals surface area contributed by atoms with Gasteiger partial charge in [0.05, 0.1) is 18.2 Å². The molecule has 2 rings (SSSR count). The summed E-state index contributed by atoms with van der Waals surface area (Å²) in [7, 11) is 1.38. The summed E-state index contributed by atoms with van der Waals surface area (Å²) in [5, 5.41) is 0.926. The van der Waals surface area contributed by atoms with E-state index < -0.39 is 0 Å². The van der Waals surface area contributed by atoms with Gasteiger partial charge >= 0.3 is 5.97 Å². The molecule has 1 heterocycles. The smallest absolute Gasteiger partial charge is 0.337 e. The lowest BCUT2D eigenvalue weighted by atomic mass is 10.1. The highest BCUT2D eigenvalue weighted by Crippen LogP contribution is 2.22. The molecule has 3 nitrogen and oxygen atoms in total. The summed E-state index contributed by atoms with van der Waals surface area (Å²) in [6.45, 7) is 1.93. The first-order valence-electron chi connectivity index (χ1n) is 4.76. The Morgan fingerprint density at radius 2 is 2.12 bits per heavy atom. The van der Waals surface area contributed by atoms with Gasteiger partial charge in [0.25, 0.3) is 0 Å². The molecule has 0 fully saturated rings. The maximum absolute atomic E-state index is 11.4. The van der Waals surface area contributed by atoms with Crippen molar-refractivity contribution in [2.75, 3.05) is 7.11 Å². The Bertz CT molecular complexity index is 566. The van der Waals surface area contributed by atoms with Crippen molar-refractivity contribution in [2.24, 2.45) is 0 Å². The van der Waals surface area contributed by atoms with Crippen LogP contribution in [-0.4, -0.2) is 18.1 Å². The maximum atomic E-state index is 11.4. The minimum absolute atomic E-state index is 0.329. The molecule has 0 radical (unpaired) electrons. The average molecular weight is 280 g/mol. The van der Waals surface area contributed by atoms with Gasteiger partial charge in [-0.2, -0.15) is 0 Å². The number of ether oxygens (including phenoxy) is 1. The lowest BCUT2D eigenvalue weighted by molar-refractivity contribution is 0.0601. The van der Waals surface area contributed by atoms with Crippen LogP contribution in [0.3, 0.4) is 0 Å². The Morgan fingerprint density at radius 3 is 2.81 bits per heavy atom. The number of nitrogens with zero attached hydrogens (tertiary/aromatic N) is 1. The van der Waals surface area contributed by atoms with Crippen LogP contribution in [0.2, 0.25) is 0 Å². The zero-order chi connectivity index (χ0) is 11.7. The van der Waals surface area contributed by atoms with Crippen molar-refractivity contribution in [3.8, 4) is 0 Å². The van der Waals surface area contributed by atoms with Crippen molar-refractivity contribution in [2.45, 2.75) is 6.92 Å². The number of carbonyl (C=O) groups excluding carboxylic acids is 1. The zero-order valence-electron chi connectivity index (χ0n) is 8.95. The molecule has 2 aromatic rings. The van der Waals surface area contributed by atoms with Crippen molar-refractivity contribution in [3.63, 3.8) is 0 Å². The average Bonchev–Trinajstić information content (AvgIpc) is 2.27. The molecule has 82 valence electrons. The highest BCUT2D eigenvalue weighted by Gasteiger charge is 2.09. The quantitative estimate of drug-likeness (QED) is 0.753. The number of pyridine rings is 1. The largest absolute Gasteiger partial charge is 0.465 e. The van der Waals surface area contributed by atoms with Gasteiger partial charge in [0, 0.05) is 16.1 Å². The van der Waals surface area contributed by atoms with Crippen LogP contribution in [0.1, 0.15) is 15.9 Å². The van der Waals surface area contributed by atoms with E-state index >= 15 is 0 Å². The number of carbonyl (C=O) groups is 1. The summed E-state index contributed by atoms with van der Waals surface area (Å²) < 4.78 is 5.59. The van der Waals surface area contributed by atoms with Crippen LogP contribution in [-0.2, 0) is 4.74 Å². The molecule has 1 aromatic heterocycles. The molecule has 1 aromatic carbocycles. The summed E-state index contributed by atoms with van der Waals surface area (Å²) in [5.41, 5.74) is 2.41. The lowest BCUT2D eigenvalue weighted by Gasteiger charge is -2.05. The predicted molar refractivity (Wildman–Crippen MR) is 65.5 cm³/mol. The van der Waals surface area contributed by atoms with Crippen LogP contribution < -0.4 is 0 Å². The Morgan fingerprint density at radius 1 is 1.38 bits per heavy atom. The van der Waals surface area contributed by atoms with Gasteiger partial charge in [0.15, 0.2) is 0 Å². The van der Waals surface area contributed by atoms with E-state index in [9.17, 15) is 4.79 Å². The molecular weight excluding hydrogens is 270 g/mol. The van der Waals surface area contributed by atoms with Crippen molar-refractivity contribution < 1.29 is 9.53 Å². The van der Waals surface area contributed by atoms with Gasteiger partial charge in [0.2, 0.25) is 0 Å². The molecule has 0 aliphatic carbocycles. The number of methoxy groups -OCH3 is 1. The fraction of sp³-hybridized carbons (Fsp3) is 0.167. The van der Waals surface area contributed by atoms with E-state index in [-0.39, 0.29) is 5.97 Å². The Kier molecular flexibility index (Phi) is 2.92. The van der Waals surface area contributed by atoms with Gasteiger partial charge in [-0.3, -0.25) is 4.98 Å². The first kappa shape index (κ1) is 11.1. The van der Waals surface area contributed by atoms with Crippen LogP contribution in [0, 0.1) is 6.92 Å². The SMILES string of the molecule is COC(=O)c1cc(C)c2ncc(Br)cc2c1. The first-order chi connectivity index (χ1) is 7.61. The molecule has 0 N–H and O–H groups in total. The van der Waals surface area contributed by atoms with Crippen LogP contribution in [0.25, 0.3) is 10.9 Å². The number of hydrogen-bond donors (Lipinski definition) is 0. The minimum Gasteiger partial charge on any atom is -0.465 e. The van der Waals surface area contributed by atoms with E-state index in [0.29, 0.717) is 5.56 Å². The Labute approximate surface area is 102 Å². The molecular formula is C12H10BrNO2. The minimum atomic E-state index is -0.329. The van der Waals surface area contributed by atoms with Gasteiger partial charge in [-0.1, -0.05) is 0 Å². The monoisotopic (exact) mass is 279 g/mol. The summed E-state index contributed by atoms with van der Waals surface area (Å²) >= 11 is 3.36. The maximum Gasteiger partial charge on any atom is 0.337 e. The molecule has 0 atom stereocenters. The second-order valence-corrected chi connectivity index (χ2v) is 4.43. The second kappa shape index (κ2) is 4.22. The Balaban J connectivity index is 2.69. The van der Waals surface area contributed by atoms with Crippen molar-refractivity contribution in [1.82, 2.24) is 4.98 Å². The molecule has 0 saturated heterocycles. The van der Waals surface area contributed by atoms with Crippen molar-refractivity contribution in [3.05, 3.63) is 40.0 Å². The number of aryl methyl sites for hydroxylation is 1. The second-order valence-electron chi connectivity index (χ2n) is 3.51. The van der Waals surface area contributed by atoms with Gasteiger partial charge in [-0.05, 0) is 46.6 Å². The summed E-state index contributed by atoms with van der Waals surface area (Å²) in [4.78, 5) is 15.7. The third kappa shape index (κ3) is 1.93. The lowest BCUT2D eigenvalue weighted by Crippen LogP contribution is -2.01. The standard InChI is InChI=1S/C12H10BrNO2/c1-7-3-9(12(15)16-2)4-8-5-10(13)6-14-11(7)8/h3-6H,1-2H3. The normalized spacial score (nSPS) is 10.4. The van der Waals surface area contributed by atoms with E-state index in [1.165, 1.54) is 7.11 Å². The topological polar surface area (TPSA) is 39.2 Å². The van der Waals surface area contributed by atoms with E-state index in [0.717, 1.165) is 20.9 Å². The number of hydrogen-bond acceptors (Lipinski definition) is 3.